The summed E-state index contributed by atoms with van der Waals surface area (Å²) in [6.45, 7) is 7.31. The number of imidazole rings is 1. The summed E-state index contributed by atoms with van der Waals surface area (Å²) in [5, 5.41) is 27.1. The lowest BCUT2D eigenvalue weighted by Gasteiger charge is -2.30. The molecule has 1 aromatic heterocycles. The lowest BCUT2D eigenvalue weighted by Crippen LogP contribution is -2.60. The van der Waals surface area contributed by atoms with Gasteiger partial charge in [0.25, 0.3) is 0 Å². The molecule has 214 valence electrons. The normalized spacial score (nSPS) is 15.7. The number of aromatic hydroxyl groups is 1. The van der Waals surface area contributed by atoms with Crippen molar-refractivity contribution in [3.8, 4) is 5.75 Å². The molecular formula is C27H40N6O6. The Morgan fingerprint density at radius 1 is 0.897 bits per heavy atom. The molecule has 39 heavy (non-hydrogen) atoms. The van der Waals surface area contributed by atoms with Crippen LogP contribution in [0.2, 0.25) is 0 Å². The average molecular weight is 545 g/mol. The van der Waals surface area contributed by atoms with E-state index in [0.29, 0.717) is 18.5 Å². The number of amides is 3. The molecule has 3 amide bonds. The molecule has 0 aliphatic carbocycles. The van der Waals surface area contributed by atoms with E-state index in [1.807, 2.05) is 13.8 Å². The van der Waals surface area contributed by atoms with Crippen molar-refractivity contribution < 1.29 is 29.4 Å². The molecular weight excluding hydrogens is 504 g/mol. The molecule has 12 nitrogen and oxygen atoms in total. The fraction of sp³-hybridized carbons (Fsp3) is 0.519. The number of nitrogens with zero attached hydrogens (tertiary/aromatic N) is 1. The van der Waals surface area contributed by atoms with Crippen LogP contribution in [0.3, 0.4) is 0 Å². The highest BCUT2D eigenvalue weighted by atomic mass is 16.4. The zero-order valence-corrected chi connectivity index (χ0v) is 22.8. The average Bonchev–Trinajstić information content (AvgIpc) is 3.43. The molecule has 0 saturated heterocycles. The molecule has 0 bridgehead atoms. The number of carboxylic acids is 1. The van der Waals surface area contributed by atoms with E-state index >= 15 is 0 Å². The number of aliphatic carboxylic acids is 1. The summed E-state index contributed by atoms with van der Waals surface area (Å²) in [4.78, 5) is 58.0. The highest BCUT2D eigenvalue weighted by Gasteiger charge is 2.34. The van der Waals surface area contributed by atoms with Crippen molar-refractivity contribution >= 4 is 23.7 Å². The first-order valence-electron chi connectivity index (χ1n) is 13.1. The Morgan fingerprint density at radius 3 is 1.92 bits per heavy atom. The number of phenols is 1. The van der Waals surface area contributed by atoms with Crippen molar-refractivity contribution in [1.29, 1.82) is 0 Å². The standard InChI is InChI=1S/C27H40N6O6/c1-5-15(3)22(25(36)31-21(27(38)39)12-18-13-29-14-30-18)33-26(37)23(16(4)6-2)32-24(35)20(28)11-17-7-9-19(34)10-8-17/h7-10,13-16,20-23,34H,5-6,11-12,28H2,1-4H3,(H,29,30)(H,31,36)(H,32,35)(H,33,37)(H,38,39). The Kier molecular flexibility index (Phi) is 11.9. The number of aromatic amines is 1. The molecule has 0 radical (unpaired) electrons. The second kappa shape index (κ2) is 14.9. The number of hydrogen-bond donors (Lipinski definition) is 7. The van der Waals surface area contributed by atoms with Crippen molar-refractivity contribution in [2.24, 2.45) is 17.6 Å². The number of rotatable bonds is 15. The monoisotopic (exact) mass is 544 g/mol. The molecule has 6 unspecified atom stereocenters. The third-order valence-corrected chi connectivity index (χ3v) is 6.91. The topological polar surface area (TPSA) is 200 Å². The first-order valence-corrected chi connectivity index (χ1v) is 13.1. The highest BCUT2D eigenvalue weighted by Crippen LogP contribution is 2.14. The van der Waals surface area contributed by atoms with Crippen LogP contribution < -0.4 is 21.7 Å². The highest BCUT2D eigenvalue weighted by molar-refractivity contribution is 5.94. The van der Waals surface area contributed by atoms with Gasteiger partial charge in [-0.15, -0.1) is 0 Å². The summed E-state index contributed by atoms with van der Waals surface area (Å²) >= 11 is 0. The van der Waals surface area contributed by atoms with Crippen LogP contribution in [-0.2, 0) is 32.0 Å². The Bertz CT molecular complexity index is 1090. The number of H-pyrrole nitrogens is 1. The first-order chi connectivity index (χ1) is 18.5. The first kappa shape index (κ1) is 31.3. The van der Waals surface area contributed by atoms with Crippen molar-refractivity contribution in [1.82, 2.24) is 25.9 Å². The fourth-order valence-corrected chi connectivity index (χ4v) is 3.96. The number of carbonyl (C=O) groups excluding carboxylic acids is 3. The minimum absolute atomic E-state index is 0.00723. The van der Waals surface area contributed by atoms with Gasteiger partial charge >= 0.3 is 5.97 Å². The zero-order valence-electron chi connectivity index (χ0n) is 22.8. The number of aromatic nitrogens is 2. The molecule has 0 fully saturated rings. The number of phenolic OH excluding ortho intramolecular Hbond substituents is 1. The molecule has 1 aromatic carbocycles. The smallest absolute Gasteiger partial charge is 0.326 e. The Morgan fingerprint density at radius 2 is 1.44 bits per heavy atom. The minimum Gasteiger partial charge on any atom is -0.508 e. The van der Waals surface area contributed by atoms with Gasteiger partial charge in [-0.3, -0.25) is 14.4 Å². The molecule has 0 aliphatic rings. The molecule has 1 heterocycles. The molecule has 2 rings (SSSR count). The summed E-state index contributed by atoms with van der Waals surface area (Å²) < 4.78 is 0. The predicted molar refractivity (Wildman–Crippen MR) is 144 cm³/mol. The summed E-state index contributed by atoms with van der Waals surface area (Å²) in [7, 11) is 0. The third kappa shape index (κ3) is 9.40. The largest absolute Gasteiger partial charge is 0.508 e. The van der Waals surface area contributed by atoms with Gasteiger partial charge in [0.05, 0.1) is 12.4 Å². The van der Waals surface area contributed by atoms with Crippen LogP contribution in [0, 0.1) is 11.8 Å². The van der Waals surface area contributed by atoms with Gasteiger partial charge in [0.2, 0.25) is 17.7 Å². The van der Waals surface area contributed by atoms with Crippen molar-refractivity contribution in [2.75, 3.05) is 0 Å². The summed E-state index contributed by atoms with van der Waals surface area (Å²) in [5.41, 5.74) is 7.39. The number of nitrogens with two attached hydrogens (primary N) is 1. The van der Waals surface area contributed by atoms with Crippen LogP contribution >= 0.6 is 0 Å². The molecule has 0 spiro atoms. The summed E-state index contributed by atoms with van der Waals surface area (Å²) in [6, 6.07) is 2.15. The number of carboxylic acid groups (broad SMARTS) is 1. The van der Waals surface area contributed by atoms with Gasteiger partial charge in [0.15, 0.2) is 0 Å². The van der Waals surface area contributed by atoms with E-state index in [1.165, 1.54) is 24.7 Å². The zero-order chi connectivity index (χ0) is 29.1. The minimum atomic E-state index is -1.23. The van der Waals surface area contributed by atoms with E-state index in [0.717, 1.165) is 5.56 Å². The molecule has 2 aromatic rings. The maximum absolute atomic E-state index is 13.4. The Labute approximate surface area is 228 Å². The van der Waals surface area contributed by atoms with Gasteiger partial charge < -0.3 is 36.9 Å². The van der Waals surface area contributed by atoms with Crippen LogP contribution in [-0.4, -0.2) is 68.0 Å². The number of carbonyl (C=O) groups is 4. The third-order valence-electron chi connectivity index (χ3n) is 6.91. The lowest BCUT2D eigenvalue weighted by atomic mass is 9.94. The lowest BCUT2D eigenvalue weighted by molar-refractivity contribution is -0.142. The van der Waals surface area contributed by atoms with Crippen LogP contribution in [0.15, 0.2) is 36.8 Å². The van der Waals surface area contributed by atoms with Crippen LogP contribution in [0.4, 0.5) is 0 Å². The number of hydrogen-bond acceptors (Lipinski definition) is 7. The van der Waals surface area contributed by atoms with Crippen molar-refractivity contribution in [3.05, 3.63) is 48.0 Å². The number of nitrogens with one attached hydrogen (secondary N) is 4. The van der Waals surface area contributed by atoms with Crippen LogP contribution in [0.1, 0.15) is 51.8 Å². The maximum Gasteiger partial charge on any atom is 0.326 e. The number of benzene rings is 1. The molecule has 6 atom stereocenters. The second-order valence-electron chi connectivity index (χ2n) is 9.90. The Balaban J connectivity index is 2.14. The van der Waals surface area contributed by atoms with E-state index in [-0.39, 0.29) is 30.4 Å². The Hall–Kier alpha value is -3.93. The fourth-order valence-electron chi connectivity index (χ4n) is 3.96. The van der Waals surface area contributed by atoms with E-state index in [2.05, 4.69) is 25.9 Å². The van der Waals surface area contributed by atoms with Crippen LogP contribution in [0.5, 0.6) is 5.75 Å². The molecule has 12 heteroatoms. The van der Waals surface area contributed by atoms with E-state index in [4.69, 9.17) is 5.73 Å². The second-order valence-corrected chi connectivity index (χ2v) is 9.90. The van der Waals surface area contributed by atoms with Gasteiger partial charge in [-0.05, 0) is 36.0 Å². The predicted octanol–water partition coefficient (Wildman–Crippen LogP) is 0.859. The molecule has 0 saturated carbocycles. The SMILES string of the molecule is CCC(C)C(NC(=O)C(N)Cc1ccc(O)cc1)C(=O)NC(C(=O)NC(Cc1cnc[nH]1)C(=O)O)C(C)CC. The van der Waals surface area contributed by atoms with Crippen molar-refractivity contribution in [2.45, 2.75) is 77.5 Å². The molecule has 0 aliphatic heterocycles. The van der Waals surface area contributed by atoms with E-state index in [9.17, 15) is 29.4 Å². The van der Waals surface area contributed by atoms with Gasteiger partial charge in [0, 0.05) is 18.3 Å². The van der Waals surface area contributed by atoms with E-state index in [1.54, 1.807) is 26.0 Å². The summed E-state index contributed by atoms with van der Waals surface area (Å²) in [6.07, 6.45) is 4.18. The van der Waals surface area contributed by atoms with Gasteiger partial charge in [-0.2, -0.15) is 0 Å². The van der Waals surface area contributed by atoms with Crippen molar-refractivity contribution in [3.63, 3.8) is 0 Å². The maximum atomic E-state index is 13.4. The van der Waals surface area contributed by atoms with Gasteiger partial charge in [0.1, 0.15) is 23.9 Å². The summed E-state index contributed by atoms with van der Waals surface area (Å²) in [5.74, 6) is -3.44. The van der Waals surface area contributed by atoms with Gasteiger partial charge in [-0.25, -0.2) is 9.78 Å². The van der Waals surface area contributed by atoms with Crippen LogP contribution in [0.25, 0.3) is 0 Å². The van der Waals surface area contributed by atoms with E-state index < -0.39 is 47.9 Å². The quantitative estimate of drug-likeness (QED) is 0.171. The molecule has 8 N–H and O–H groups in total. The van der Waals surface area contributed by atoms with Gasteiger partial charge in [-0.1, -0.05) is 52.7 Å².